The Morgan fingerprint density at radius 2 is 1.74 bits per heavy atom. The minimum absolute atomic E-state index is 0.114. The lowest BCUT2D eigenvalue weighted by Crippen LogP contribution is -2.30. The molecule has 0 aliphatic carbocycles. The van der Waals surface area contributed by atoms with Crippen LogP contribution in [-0.4, -0.2) is 21.4 Å². The molecule has 4 rings (SSSR count). The molecule has 0 unspecified atom stereocenters. The summed E-state index contributed by atoms with van der Waals surface area (Å²) in [6, 6.07) is 15.9. The molecule has 0 saturated carbocycles. The van der Waals surface area contributed by atoms with Crippen molar-refractivity contribution in [2.75, 3.05) is 0 Å². The van der Waals surface area contributed by atoms with Crippen LogP contribution in [0.4, 0.5) is 9.18 Å². The first-order valence-corrected chi connectivity index (χ1v) is 10.2. The molecule has 31 heavy (non-hydrogen) atoms. The van der Waals surface area contributed by atoms with E-state index in [-0.39, 0.29) is 12.2 Å². The van der Waals surface area contributed by atoms with Crippen LogP contribution in [0, 0.1) is 19.7 Å². The standard InChI is InChI=1S/C25H24FN3O2/c1-4-18-9-11-21(12-10-18)29-16(2)13-20(17(29)3)14-23-24(30)28(25(31)27-23)15-19-7-5-6-8-22(19)26/h5-14H,4,15H2,1-3H3,(H,27,31)/b23-14+. The summed E-state index contributed by atoms with van der Waals surface area (Å²) in [7, 11) is 0. The van der Waals surface area contributed by atoms with Gasteiger partial charge in [-0.3, -0.25) is 9.69 Å². The molecule has 2 heterocycles. The molecule has 1 aliphatic rings. The fourth-order valence-corrected chi connectivity index (χ4v) is 3.88. The van der Waals surface area contributed by atoms with Gasteiger partial charge in [0.25, 0.3) is 5.91 Å². The number of carbonyl (C=O) groups is 2. The van der Waals surface area contributed by atoms with Gasteiger partial charge in [-0.15, -0.1) is 0 Å². The maximum Gasteiger partial charge on any atom is 0.329 e. The fourth-order valence-electron chi connectivity index (χ4n) is 3.88. The maximum absolute atomic E-state index is 14.0. The highest BCUT2D eigenvalue weighted by molar-refractivity contribution is 6.14. The van der Waals surface area contributed by atoms with Crippen LogP contribution >= 0.6 is 0 Å². The summed E-state index contributed by atoms with van der Waals surface area (Å²) in [5.41, 5.74) is 5.61. The van der Waals surface area contributed by atoms with E-state index in [0.29, 0.717) is 5.56 Å². The van der Waals surface area contributed by atoms with Crippen LogP contribution in [0.1, 0.15) is 35.0 Å². The highest BCUT2D eigenvalue weighted by Gasteiger charge is 2.34. The van der Waals surface area contributed by atoms with Crippen molar-refractivity contribution in [1.29, 1.82) is 0 Å². The summed E-state index contributed by atoms with van der Waals surface area (Å²) in [6.07, 6.45) is 2.66. The van der Waals surface area contributed by atoms with E-state index in [1.807, 2.05) is 19.9 Å². The molecule has 0 radical (unpaired) electrons. The van der Waals surface area contributed by atoms with Gasteiger partial charge < -0.3 is 9.88 Å². The van der Waals surface area contributed by atoms with E-state index in [1.165, 1.54) is 11.6 Å². The summed E-state index contributed by atoms with van der Waals surface area (Å²) < 4.78 is 16.1. The van der Waals surface area contributed by atoms with Crippen LogP contribution in [0.5, 0.6) is 0 Å². The predicted octanol–water partition coefficient (Wildman–Crippen LogP) is 4.89. The molecule has 1 saturated heterocycles. The zero-order valence-electron chi connectivity index (χ0n) is 17.8. The second-order valence-corrected chi connectivity index (χ2v) is 7.65. The van der Waals surface area contributed by atoms with Gasteiger partial charge in [0.05, 0.1) is 6.54 Å². The van der Waals surface area contributed by atoms with E-state index in [4.69, 9.17) is 0 Å². The van der Waals surface area contributed by atoms with Gasteiger partial charge in [0.15, 0.2) is 0 Å². The molecule has 0 bridgehead atoms. The van der Waals surface area contributed by atoms with E-state index in [0.717, 1.165) is 34.0 Å². The number of benzene rings is 2. The predicted molar refractivity (Wildman–Crippen MR) is 118 cm³/mol. The first-order valence-electron chi connectivity index (χ1n) is 10.2. The summed E-state index contributed by atoms with van der Waals surface area (Å²) in [4.78, 5) is 26.2. The van der Waals surface area contributed by atoms with Crippen molar-refractivity contribution < 1.29 is 14.0 Å². The molecule has 158 valence electrons. The molecule has 3 amide bonds. The number of aryl methyl sites for hydroxylation is 2. The number of hydrogen-bond donors (Lipinski definition) is 1. The Hall–Kier alpha value is -3.67. The van der Waals surface area contributed by atoms with Crippen LogP contribution in [0.3, 0.4) is 0 Å². The average molecular weight is 417 g/mol. The van der Waals surface area contributed by atoms with Crippen LogP contribution in [-0.2, 0) is 17.8 Å². The monoisotopic (exact) mass is 417 g/mol. The Labute approximate surface area is 180 Å². The summed E-state index contributed by atoms with van der Waals surface area (Å²) >= 11 is 0. The molecule has 1 aromatic heterocycles. The van der Waals surface area contributed by atoms with Crippen molar-refractivity contribution in [3.8, 4) is 5.69 Å². The topological polar surface area (TPSA) is 54.3 Å². The van der Waals surface area contributed by atoms with Gasteiger partial charge in [-0.05, 0) is 61.7 Å². The van der Waals surface area contributed by atoms with Crippen LogP contribution in [0.15, 0.2) is 60.3 Å². The van der Waals surface area contributed by atoms with Gasteiger partial charge in [-0.1, -0.05) is 37.3 Å². The van der Waals surface area contributed by atoms with Crippen molar-refractivity contribution in [2.24, 2.45) is 0 Å². The van der Waals surface area contributed by atoms with Crippen molar-refractivity contribution in [3.63, 3.8) is 0 Å². The molecule has 2 aromatic carbocycles. The van der Waals surface area contributed by atoms with E-state index < -0.39 is 17.8 Å². The summed E-state index contributed by atoms with van der Waals surface area (Å²) in [5.74, 6) is -0.913. The van der Waals surface area contributed by atoms with Crippen LogP contribution in [0.25, 0.3) is 11.8 Å². The third-order valence-corrected chi connectivity index (χ3v) is 5.62. The molecule has 1 aliphatic heterocycles. The Kier molecular flexibility index (Phi) is 5.46. The molecular formula is C25H24FN3O2. The van der Waals surface area contributed by atoms with E-state index in [2.05, 4.69) is 41.1 Å². The quantitative estimate of drug-likeness (QED) is 0.475. The number of hydrogen-bond acceptors (Lipinski definition) is 2. The van der Waals surface area contributed by atoms with Crippen LogP contribution in [0.2, 0.25) is 0 Å². The van der Waals surface area contributed by atoms with E-state index in [9.17, 15) is 14.0 Å². The van der Waals surface area contributed by atoms with Gasteiger partial charge in [0, 0.05) is 22.6 Å². The number of amides is 3. The lowest BCUT2D eigenvalue weighted by atomic mass is 10.1. The number of carbonyl (C=O) groups excluding carboxylic acids is 2. The van der Waals surface area contributed by atoms with Crippen molar-refractivity contribution in [1.82, 2.24) is 14.8 Å². The van der Waals surface area contributed by atoms with E-state index in [1.54, 1.807) is 24.3 Å². The number of urea groups is 1. The van der Waals surface area contributed by atoms with Crippen molar-refractivity contribution in [3.05, 3.63) is 94.2 Å². The van der Waals surface area contributed by atoms with Crippen molar-refractivity contribution in [2.45, 2.75) is 33.7 Å². The lowest BCUT2D eigenvalue weighted by Gasteiger charge is -2.12. The van der Waals surface area contributed by atoms with Gasteiger partial charge >= 0.3 is 6.03 Å². The zero-order chi connectivity index (χ0) is 22.1. The SMILES string of the molecule is CCc1ccc(-n2c(C)cc(/C=C3/NC(=O)N(Cc4ccccc4F)C3=O)c2C)cc1. The molecule has 0 spiro atoms. The first kappa shape index (κ1) is 20.6. The summed E-state index contributed by atoms with van der Waals surface area (Å²) in [6.45, 7) is 5.99. The number of nitrogens with zero attached hydrogens (tertiary/aromatic N) is 2. The Morgan fingerprint density at radius 1 is 1.03 bits per heavy atom. The largest absolute Gasteiger partial charge is 0.329 e. The molecule has 1 N–H and O–H groups in total. The van der Waals surface area contributed by atoms with Gasteiger partial charge in [0.2, 0.25) is 0 Å². The van der Waals surface area contributed by atoms with Crippen molar-refractivity contribution >= 4 is 18.0 Å². The minimum atomic E-state index is -0.552. The first-order chi connectivity index (χ1) is 14.9. The smallest absolute Gasteiger partial charge is 0.318 e. The van der Waals surface area contributed by atoms with Crippen LogP contribution < -0.4 is 5.32 Å². The second-order valence-electron chi connectivity index (χ2n) is 7.65. The maximum atomic E-state index is 14.0. The third kappa shape index (κ3) is 3.89. The van der Waals surface area contributed by atoms with Gasteiger partial charge in [-0.2, -0.15) is 0 Å². The van der Waals surface area contributed by atoms with Gasteiger partial charge in [0.1, 0.15) is 11.5 Å². The molecule has 3 aromatic rings. The molecule has 0 atom stereocenters. The van der Waals surface area contributed by atoms with E-state index >= 15 is 0 Å². The molecule has 5 nitrogen and oxygen atoms in total. The lowest BCUT2D eigenvalue weighted by molar-refractivity contribution is -0.123. The number of imide groups is 1. The molecular weight excluding hydrogens is 393 g/mol. The molecule has 6 heteroatoms. The normalized spacial score (nSPS) is 15.1. The number of nitrogens with one attached hydrogen (secondary N) is 1. The average Bonchev–Trinajstić information content (AvgIpc) is 3.19. The number of aromatic nitrogens is 1. The third-order valence-electron chi connectivity index (χ3n) is 5.62. The Bertz CT molecular complexity index is 1190. The molecule has 1 fully saturated rings. The summed E-state index contributed by atoms with van der Waals surface area (Å²) in [5, 5.41) is 2.62. The highest BCUT2D eigenvalue weighted by Crippen LogP contribution is 2.25. The fraction of sp³-hybridized carbons (Fsp3) is 0.200. The Morgan fingerprint density at radius 3 is 2.42 bits per heavy atom. The number of halogens is 1. The second kappa shape index (κ2) is 8.22. The highest BCUT2D eigenvalue weighted by atomic mass is 19.1. The minimum Gasteiger partial charge on any atom is -0.318 e. The zero-order valence-corrected chi connectivity index (χ0v) is 17.8. The Balaban J connectivity index is 1.62. The van der Waals surface area contributed by atoms with Gasteiger partial charge in [-0.25, -0.2) is 9.18 Å². The number of rotatable bonds is 5.